The Bertz CT molecular complexity index is 886. The Hall–Kier alpha value is -3.02. The summed E-state index contributed by atoms with van der Waals surface area (Å²) in [5, 5.41) is 12.8. The molecule has 3 aromatic rings. The number of rotatable bonds is 5. The monoisotopic (exact) mass is 325 g/mol. The SMILES string of the molecule is CCOC(=O)CNc1c(-c2cccc(O)c2)nc2cc(C)ccn12. The zero-order chi connectivity index (χ0) is 17.1. The van der Waals surface area contributed by atoms with E-state index in [9.17, 15) is 9.90 Å². The number of hydrogen-bond acceptors (Lipinski definition) is 5. The van der Waals surface area contributed by atoms with Crippen molar-refractivity contribution < 1.29 is 14.6 Å². The molecule has 0 bridgehead atoms. The molecule has 24 heavy (non-hydrogen) atoms. The third-order valence-electron chi connectivity index (χ3n) is 3.61. The van der Waals surface area contributed by atoms with E-state index in [1.54, 1.807) is 25.1 Å². The summed E-state index contributed by atoms with van der Waals surface area (Å²) in [6.07, 6.45) is 1.90. The van der Waals surface area contributed by atoms with Crippen molar-refractivity contribution in [2.75, 3.05) is 18.5 Å². The molecule has 124 valence electrons. The average Bonchev–Trinajstić information content (AvgIpc) is 2.91. The number of pyridine rings is 1. The zero-order valence-corrected chi connectivity index (χ0v) is 13.6. The molecule has 2 aromatic heterocycles. The molecule has 0 saturated heterocycles. The summed E-state index contributed by atoms with van der Waals surface area (Å²) in [6.45, 7) is 4.15. The lowest BCUT2D eigenvalue weighted by Crippen LogP contribution is -2.17. The minimum absolute atomic E-state index is 0.0430. The van der Waals surface area contributed by atoms with Crippen molar-refractivity contribution in [2.45, 2.75) is 13.8 Å². The van der Waals surface area contributed by atoms with Gasteiger partial charge in [-0.15, -0.1) is 0 Å². The summed E-state index contributed by atoms with van der Waals surface area (Å²) in [4.78, 5) is 16.3. The van der Waals surface area contributed by atoms with Crippen molar-refractivity contribution in [1.82, 2.24) is 9.38 Å². The second-order valence-electron chi connectivity index (χ2n) is 5.45. The van der Waals surface area contributed by atoms with E-state index in [2.05, 4.69) is 10.3 Å². The van der Waals surface area contributed by atoms with Gasteiger partial charge in [0.2, 0.25) is 0 Å². The molecule has 2 N–H and O–H groups in total. The van der Waals surface area contributed by atoms with E-state index in [0.29, 0.717) is 18.1 Å². The molecule has 2 heterocycles. The van der Waals surface area contributed by atoms with Crippen LogP contribution in [0.15, 0.2) is 42.6 Å². The number of imidazole rings is 1. The molecule has 3 rings (SSSR count). The number of phenolic OH excluding ortho intramolecular Hbond substituents is 1. The van der Waals surface area contributed by atoms with Crippen LogP contribution in [-0.4, -0.2) is 33.6 Å². The third kappa shape index (κ3) is 3.17. The van der Waals surface area contributed by atoms with Gasteiger partial charge in [-0.3, -0.25) is 9.20 Å². The number of benzene rings is 1. The lowest BCUT2D eigenvalue weighted by Gasteiger charge is -2.09. The Morgan fingerprint density at radius 3 is 2.92 bits per heavy atom. The number of phenols is 1. The second kappa shape index (κ2) is 6.62. The van der Waals surface area contributed by atoms with Crippen LogP contribution in [-0.2, 0) is 9.53 Å². The van der Waals surface area contributed by atoms with Crippen LogP contribution in [0.3, 0.4) is 0 Å². The smallest absolute Gasteiger partial charge is 0.325 e. The number of nitrogens with zero attached hydrogens (tertiary/aromatic N) is 2. The van der Waals surface area contributed by atoms with E-state index in [1.807, 2.05) is 35.7 Å². The van der Waals surface area contributed by atoms with Crippen molar-refractivity contribution in [2.24, 2.45) is 0 Å². The maximum atomic E-state index is 11.7. The van der Waals surface area contributed by atoms with E-state index in [4.69, 9.17) is 4.74 Å². The number of aromatic hydroxyl groups is 1. The number of aryl methyl sites for hydroxylation is 1. The largest absolute Gasteiger partial charge is 0.508 e. The molecular weight excluding hydrogens is 306 g/mol. The molecule has 0 spiro atoms. The van der Waals surface area contributed by atoms with Crippen LogP contribution >= 0.6 is 0 Å². The Kier molecular flexibility index (Phi) is 4.37. The predicted octanol–water partition coefficient (Wildman–Crippen LogP) is 2.99. The van der Waals surface area contributed by atoms with Crippen LogP contribution in [0.5, 0.6) is 5.75 Å². The summed E-state index contributed by atoms with van der Waals surface area (Å²) in [6, 6.07) is 10.8. The Morgan fingerprint density at radius 2 is 2.17 bits per heavy atom. The van der Waals surface area contributed by atoms with Gasteiger partial charge in [0.25, 0.3) is 0 Å². The molecule has 0 aliphatic heterocycles. The quantitative estimate of drug-likeness (QED) is 0.705. The standard InChI is InChI=1S/C18H19N3O3/c1-3-24-16(23)11-19-18-17(13-5-4-6-14(22)10-13)20-15-9-12(2)7-8-21(15)18/h4-10,19,22H,3,11H2,1-2H3. The van der Waals surface area contributed by atoms with Crippen molar-refractivity contribution in [3.63, 3.8) is 0 Å². The summed E-state index contributed by atoms with van der Waals surface area (Å²) < 4.78 is 6.85. The van der Waals surface area contributed by atoms with Crippen LogP contribution < -0.4 is 5.32 Å². The van der Waals surface area contributed by atoms with Crippen molar-refractivity contribution in [3.05, 3.63) is 48.2 Å². The lowest BCUT2D eigenvalue weighted by molar-refractivity contribution is -0.140. The Labute approximate surface area is 139 Å². The van der Waals surface area contributed by atoms with Crippen LogP contribution in [0.4, 0.5) is 5.82 Å². The minimum atomic E-state index is -0.332. The molecule has 0 amide bonds. The number of hydrogen-bond donors (Lipinski definition) is 2. The van der Waals surface area contributed by atoms with Crippen LogP contribution in [0.2, 0.25) is 0 Å². The van der Waals surface area contributed by atoms with Gasteiger partial charge in [-0.1, -0.05) is 12.1 Å². The number of aromatic nitrogens is 2. The maximum Gasteiger partial charge on any atom is 0.325 e. The van der Waals surface area contributed by atoms with Crippen LogP contribution in [0.1, 0.15) is 12.5 Å². The molecule has 0 saturated carbocycles. The minimum Gasteiger partial charge on any atom is -0.508 e. The van der Waals surface area contributed by atoms with E-state index < -0.39 is 0 Å². The van der Waals surface area contributed by atoms with Gasteiger partial charge in [0, 0.05) is 11.8 Å². The third-order valence-corrected chi connectivity index (χ3v) is 3.61. The van der Waals surface area contributed by atoms with Crippen LogP contribution in [0.25, 0.3) is 16.9 Å². The van der Waals surface area contributed by atoms with Gasteiger partial charge < -0.3 is 15.2 Å². The first-order chi connectivity index (χ1) is 11.6. The summed E-state index contributed by atoms with van der Waals surface area (Å²) in [7, 11) is 0. The Balaban J connectivity index is 2.06. The highest BCUT2D eigenvalue weighted by Gasteiger charge is 2.15. The fourth-order valence-electron chi connectivity index (χ4n) is 2.54. The highest BCUT2D eigenvalue weighted by molar-refractivity contribution is 5.81. The van der Waals surface area contributed by atoms with Gasteiger partial charge >= 0.3 is 5.97 Å². The van der Waals surface area contributed by atoms with Crippen LogP contribution in [0, 0.1) is 6.92 Å². The van der Waals surface area contributed by atoms with E-state index in [-0.39, 0.29) is 18.3 Å². The summed E-state index contributed by atoms with van der Waals surface area (Å²) >= 11 is 0. The lowest BCUT2D eigenvalue weighted by atomic mass is 10.1. The van der Waals surface area contributed by atoms with Gasteiger partial charge in [-0.25, -0.2) is 4.98 Å². The van der Waals surface area contributed by atoms with E-state index >= 15 is 0 Å². The molecule has 0 radical (unpaired) electrons. The summed E-state index contributed by atoms with van der Waals surface area (Å²) in [5.41, 5.74) is 3.29. The van der Waals surface area contributed by atoms with Crippen molar-refractivity contribution in [3.8, 4) is 17.0 Å². The molecule has 6 nitrogen and oxygen atoms in total. The van der Waals surface area contributed by atoms with E-state index in [1.165, 1.54) is 0 Å². The normalized spacial score (nSPS) is 10.8. The Morgan fingerprint density at radius 1 is 1.33 bits per heavy atom. The summed E-state index contributed by atoms with van der Waals surface area (Å²) in [5.74, 6) is 0.516. The predicted molar refractivity (Wildman–Crippen MR) is 92.2 cm³/mol. The fourth-order valence-corrected chi connectivity index (χ4v) is 2.54. The molecule has 0 fully saturated rings. The maximum absolute atomic E-state index is 11.7. The number of ether oxygens (including phenoxy) is 1. The van der Waals surface area contributed by atoms with Gasteiger partial charge in [-0.2, -0.15) is 0 Å². The van der Waals surface area contributed by atoms with Crippen molar-refractivity contribution in [1.29, 1.82) is 0 Å². The molecule has 1 aromatic carbocycles. The van der Waals surface area contributed by atoms with Gasteiger partial charge in [0.15, 0.2) is 0 Å². The zero-order valence-electron chi connectivity index (χ0n) is 13.6. The van der Waals surface area contributed by atoms with E-state index in [0.717, 1.165) is 16.8 Å². The molecule has 0 aliphatic rings. The molecule has 0 atom stereocenters. The first-order valence-corrected chi connectivity index (χ1v) is 7.76. The number of fused-ring (bicyclic) bond motifs is 1. The first kappa shape index (κ1) is 15.9. The van der Waals surface area contributed by atoms with Gasteiger partial charge in [0.1, 0.15) is 29.5 Å². The average molecular weight is 325 g/mol. The number of carbonyl (C=O) groups excluding carboxylic acids is 1. The second-order valence-corrected chi connectivity index (χ2v) is 5.45. The number of carbonyl (C=O) groups is 1. The highest BCUT2D eigenvalue weighted by Crippen LogP contribution is 2.30. The molecular formula is C18H19N3O3. The highest BCUT2D eigenvalue weighted by atomic mass is 16.5. The first-order valence-electron chi connectivity index (χ1n) is 7.76. The number of nitrogens with one attached hydrogen (secondary N) is 1. The number of esters is 1. The fraction of sp³-hybridized carbons (Fsp3) is 0.222. The van der Waals surface area contributed by atoms with Gasteiger partial charge in [-0.05, 0) is 43.7 Å². The number of anilines is 1. The molecule has 0 unspecified atom stereocenters. The van der Waals surface area contributed by atoms with Crippen molar-refractivity contribution >= 4 is 17.4 Å². The molecule has 6 heteroatoms. The topological polar surface area (TPSA) is 75.9 Å². The molecule has 0 aliphatic carbocycles. The van der Waals surface area contributed by atoms with Gasteiger partial charge in [0.05, 0.1) is 6.61 Å².